The fourth-order valence-corrected chi connectivity index (χ4v) is 2.98. The lowest BCUT2D eigenvalue weighted by molar-refractivity contribution is -0.701. The molecule has 0 saturated heterocycles. The molecule has 0 amide bonds. The van der Waals surface area contributed by atoms with Crippen LogP contribution in [0.3, 0.4) is 0 Å². The molecule has 0 N–H and O–H groups in total. The number of halogens is 2. The molecule has 0 unspecified atom stereocenters. The van der Waals surface area contributed by atoms with Gasteiger partial charge in [-0.2, -0.15) is 0 Å². The molecule has 0 bridgehead atoms. The van der Waals surface area contributed by atoms with Crippen LogP contribution in [0.25, 0.3) is 0 Å². The highest BCUT2D eigenvalue weighted by atomic mass is 79.9. The van der Waals surface area contributed by atoms with Gasteiger partial charge in [-0.05, 0) is 28.4 Å². The standard InChI is InChI=1S/C23H36N2.2BrH/c1-22(2,3)20-10-16-24(17-11-20)14-8-7-9-15-25-18-12-21(13-19-25)23(4,5)6;;/h10-13,16-19H,7-9,14-15H2,1-6H3;2*1H/q+2;;/p-2. The summed E-state index contributed by atoms with van der Waals surface area (Å²) in [5, 5.41) is 0. The number of pyridine rings is 2. The molecule has 2 nitrogen and oxygen atoms in total. The summed E-state index contributed by atoms with van der Waals surface area (Å²) in [6, 6.07) is 9.03. The summed E-state index contributed by atoms with van der Waals surface area (Å²) in [5.41, 5.74) is 3.27. The molecule has 0 radical (unpaired) electrons. The van der Waals surface area contributed by atoms with Crippen molar-refractivity contribution in [1.82, 2.24) is 0 Å². The molecule has 0 aliphatic carbocycles. The molecule has 152 valence electrons. The average Bonchev–Trinajstić information content (AvgIpc) is 2.54. The summed E-state index contributed by atoms with van der Waals surface area (Å²) in [6.07, 6.45) is 12.6. The van der Waals surface area contributed by atoms with E-state index in [0.717, 1.165) is 13.1 Å². The number of hydrogen-bond donors (Lipinski definition) is 0. The van der Waals surface area contributed by atoms with E-state index in [1.54, 1.807) is 0 Å². The van der Waals surface area contributed by atoms with Crippen LogP contribution in [-0.2, 0) is 23.9 Å². The molecule has 2 heterocycles. The second-order valence-corrected chi connectivity index (χ2v) is 9.21. The molecule has 0 fully saturated rings. The number of aryl methyl sites for hydroxylation is 2. The molecule has 4 heteroatoms. The first-order chi connectivity index (χ1) is 11.7. The van der Waals surface area contributed by atoms with Gasteiger partial charge in [-0.1, -0.05) is 41.5 Å². The molecule has 0 spiro atoms. The molecule has 2 rings (SSSR count). The SMILES string of the molecule is CC(C)(C)c1cc[n+](CCCCC[n+]2ccc(C(C)(C)C)cc2)cc1.[Br-].[Br-]. The van der Waals surface area contributed by atoms with Gasteiger partial charge in [0, 0.05) is 37.1 Å². The summed E-state index contributed by atoms with van der Waals surface area (Å²) in [4.78, 5) is 0. The number of nitrogens with zero attached hydrogens (tertiary/aromatic N) is 2. The number of hydrogen-bond acceptors (Lipinski definition) is 0. The third kappa shape index (κ3) is 8.87. The van der Waals surface area contributed by atoms with Crippen LogP contribution in [0.4, 0.5) is 0 Å². The van der Waals surface area contributed by atoms with Gasteiger partial charge in [0.2, 0.25) is 0 Å². The molecule has 0 aliphatic heterocycles. The van der Waals surface area contributed by atoms with Crippen molar-refractivity contribution in [1.29, 1.82) is 0 Å². The van der Waals surface area contributed by atoms with E-state index in [-0.39, 0.29) is 44.8 Å². The Morgan fingerprint density at radius 2 is 0.852 bits per heavy atom. The molecular formula is C23H36Br2N2. The smallest absolute Gasteiger partial charge is 0.169 e. The predicted octanol–water partition coefficient (Wildman–Crippen LogP) is -1.26. The summed E-state index contributed by atoms with van der Waals surface area (Å²) >= 11 is 0. The molecule has 0 aliphatic rings. The van der Waals surface area contributed by atoms with Crippen molar-refractivity contribution in [3.63, 3.8) is 0 Å². The Bertz CT molecular complexity index is 591. The Morgan fingerprint density at radius 3 is 1.11 bits per heavy atom. The van der Waals surface area contributed by atoms with Crippen molar-refractivity contribution < 1.29 is 43.1 Å². The quantitative estimate of drug-likeness (QED) is 0.346. The van der Waals surface area contributed by atoms with Gasteiger partial charge in [0.15, 0.2) is 24.8 Å². The van der Waals surface area contributed by atoms with Crippen molar-refractivity contribution in [3.05, 3.63) is 60.2 Å². The first-order valence-corrected chi connectivity index (χ1v) is 9.65. The van der Waals surface area contributed by atoms with E-state index in [1.807, 2.05) is 0 Å². The third-order valence-corrected chi connectivity index (χ3v) is 4.85. The van der Waals surface area contributed by atoms with E-state index < -0.39 is 0 Å². The van der Waals surface area contributed by atoms with E-state index in [1.165, 1.54) is 30.4 Å². The normalized spacial score (nSPS) is 11.5. The minimum absolute atomic E-state index is 0. The highest BCUT2D eigenvalue weighted by molar-refractivity contribution is 5.18. The van der Waals surface area contributed by atoms with Crippen LogP contribution < -0.4 is 43.1 Å². The Labute approximate surface area is 187 Å². The third-order valence-electron chi connectivity index (χ3n) is 4.85. The highest BCUT2D eigenvalue weighted by Crippen LogP contribution is 2.21. The van der Waals surface area contributed by atoms with Gasteiger partial charge in [-0.15, -0.1) is 0 Å². The first kappa shape index (κ1) is 26.3. The first-order valence-electron chi connectivity index (χ1n) is 9.65. The van der Waals surface area contributed by atoms with Crippen LogP contribution in [0, 0.1) is 0 Å². The summed E-state index contributed by atoms with van der Waals surface area (Å²) < 4.78 is 4.61. The van der Waals surface area contributed by atoms with Crippen molar-refractivity contribution in [2.45, 2.75) is 84.7 Å². The van der Waals surface area contributed by atoms with Crippen molar-refractivity contribution >= 4 is 0 Å². The zero-order valence-electron chi connectivity index (χ0n) is 17.8. The number of aromatic nitrogens is 2. The zero-order chi connectivity index (χ0) is 18.5. The second-order valence-electron chi connectivity index (χ2n) is 9.21. The van der Waals surface area contributed by atoms with Gasteiger partial charge in [0.25, 0.3) is 0 Å². The lowest BCUT2D eigenvalue weighted by Gasteiger charge is -2.17. The van der Waals surface area contributed by atoms with E-state index >= 15 is 0 Å². The van der Waals surface area contributed by atoms with Crippen molar-refractivity contribution in [3.8, 4) is 0 Å². The highest BCUT2D eigenvalue weighted by Gasteiger charge is 2.15. The van der Waals surface area contributed by atoms with Crippen molar-refractivity contribution in [2.24, 2.45) is 0 Å². The van der Waals surface area contributed by atoms with Gasteiger partial charge in [0.1, 0.15) is 13.1 Å². The fourth-order valence-electron chi connectivity index (χ4n) is 2.98. The maximum absolute atomic E-state index is 2.31. The van der Waals surface area contributed by atoms with E-state index in [0.29, 0.717) is 0 Å². The summed E-state index contributed by atoms with van der Waals surface area (Å²) in [5.74, 6) is 0. The Kier molecular flexibility index (Phi) is 11.0. The monoisotopic (exact) mass is 498 g/mol. The molecule has 2 aromatic rings. The Morgan fingerprint density at radius 1 is 0.556 bits per heavy atom. The van der Waals surface area contributed by atoms with E-state index in [2.05, 4.69) is 99.7 Å². The molecule has 27 heavy (non-hydrogen) atoms. The van der Waals surface area contributed by atoms with Gasteiger partial charge >= 0.3 is 0 Å². The summed E-state index contributed by atoms with van der Waals surface area (Å²) in [7, 11) is 0. The fraction of sp³-hybridized carbons (Fsp3) is 0.565. The van der Waals surface area contributed by atoms with Crippen LogP contribution in [-0.4, -0.2) is 0 Å². The molecule has 2 aromatic heterocycles. The van der Waals surface area contributed by atoms with Crippen molar-refractivity contribution in [2.75, 3.05) is 0 Å². The maximum Gasteiger partial charge on any atom is 0.169 e. The number of unbranched alkanes of at least 4 members (excludes halogenated alkanes) is 2. The molecular weight excluding hydrogens is 464 g/mol. The lowest BCUT2D eigenvalue weighted by Crippen LogP contribution is -3.00. The molecule has 0 aromatic carbocycles. The van der Waals surface area contributed by atoms with Crippen LogP contribution in [0.15, 0.2) is 49.1 Å². The lowest BCUT2D eigenvalue weighted by atomic mass is 9.88. The maximum atomic E-state index is 2.31. The van der Waals surface area contributed by atoms with E-state index in [9.17, 15) is 0 Å². The summed E-state index contributed by atoms with van der Waals surface area (Å²) in [6.45, 7) is 15.8. The minimum atomic E-state index is 0. The Balaban J connectivity index is 0.00000338. The average molecular weight is 500 g/mol. The molecule has 0 atom stereocenters. The number of rotatable bonds is 6. The molecule has 0 saturated carbocycles. The topological polar surface area (TPSA) is 7.76 Å². The van der Waals surface area contributed by atoms with Crippen LogP contribution >= 0.6 is 0 Å². The zero-order valence-corrected chi connectivity index (χ0v) is 21.0. The van der Waals surface area contributed by atoms with E-state index in [4.69, 9.17) is 0 Å². The van der Waals surface area contributed by atoms with Gasteiger partial charge in [-0.3, -0.25) is 0 Å². The predicted molar refractivity (Wildman–Crippen MR) is 105 cm³/mol. The second kappa shape index (κ2) is 11.3. The van der Waals surface area contributed by atoms with Crippen LogP contribution in [0.5, 0.6) is 0 Å². The largest absolute Gasteiger partial charge is 1.00 e. The van der Waals surface area contributed by atoms with Crippen LogP contribution in [0.2, 0.25) is 0 Å². The van der Waals surface area contributed by atoms with Gasteiger partial charge in [0.05, 0.1) is 0 Å². The van der Waals surface area contributed by atoms with Crippen LogP contribution in [0.1, 0.15) is 71.9 Å². The van der Waals surface area contributed by atoms with Gasteiger partial charge < -0.3 is 34.0 Å². The van der Waals surface area contributed by atoms with Gasteiger partial charge in [-0.25, -0.2) is 9.13 Å². The minimum Gasteiger partial charge on any atom is -1.00 e. The Hall–Kier alpha value is -0.740.